The van der Waals surface area contributed by atoms with Crippen LogP contribution >= 0.6 is 35.3 Å². The summed E-state index contributed by atoms with van der Waals surface area (Å²) in [5.74, 6) is -0.762. The largest absolute Gasteiger partial charge is 0.573 e. The second-order valence-electron chi connectivity index (χ2n) is 5.32. The zero-order chi connectivity index (χ0) is 20.3. The van der Waals surface area contributed by atoms with Crippen molar-refractivity contribution in [2.75, 3.05) is 11.6 Å². The lowest BCUT2D eigenvalue weighted by molar-refractivity contribution is -0.274. The topological polar surface area (TPSA) is 56.2 Å². The zero-order valence-electron chi connectivity index (χ0n) is 14.2. The number of amides is 1. The van der Waals surface area contributed by atoms with Crippen LogP contribution in [0.25, 0.3) is 5.69 Å². The number of carbonyl (C=O) groups excluding carboxylic acids is 1. The number of rotatable bonds is 5. The number of hydrogen-bond acceptors (Lipinski definition) is 6. The van der Waals surface area contributed by atoms with Gasteiger partial charge in [0.1, 0.15) is 5.75 Å². The molecule has 0 fully saturated rings. The molecule has 0 saturated carbocycles. The molecule has 5 nitrogen and oxygen atoms in total. The van der Waals surface area contributed by atoms with E-state index in [2.05, 4.69) is 15.2 Å². The molecule has 1 aromatic heterocycles. The first-order chi connectivity index (χ1) is 13.2. The maximum absolute atomic E-state index is 12.3. The monoisotopic (exact) mass is 443 g/mol. The molecule has 11 heteroatoms. The second kappa shape index (κ2) is 8.33. The highest BCUT2D eigenvalue weighted by molar-refractivity contribution is 8.00. The van der Waals surface area contributed by atoms with Crippen LogP contribution in [-0.2, 0) is 0 Å². The average molecular weight is 443 g/mol. The van der Waals surface area contributed by atoms with Gasteiger partial charge in [-0.1, -0.05) is 23.1 Å². The maximum Gasteiger partial charge on any atom is 0.573 e. The summed E-state index contributed by atoms with van der Waals surface area (Å²) in [6.45, 7) is 0. The minimum atomic E-state index is -4.76. The molecule has 0 atom stereocenters. The van der Waals surface area contributed by atoms with Crippen molar-refractivity contribution >= 4 is 46.9 Å². The van der Waals surface area contributed by atoms with E-state index in [9.17, 15) is 18.0 Å². The van der Waals surface area contributed by atoms with Crippen LogP contribution in [0.1, 0.15) is 10.4 Å². The van der Waals surface area contributed by atoms with Crippen molar-refractivity contribution in [2.24, 2.45) is 0 Å². The molecule has 2 aromatic carbocycles. The Balaban J connectivity index is 1.69. The summed E-state index contributed by atoms with van der Waals surface area (Å²) in [7, 11) is 0. The lowest BCUT2D eigenvalue weighted by atomic mass is 10.2. The number of benzene rings is 2. The van der Waals surface area contributed by atoms with Crippen LogP contribution in [0.2, 0.25) is 0 Å². The van der Waals surface area contributed by atoms with Crippen LogP contribution in [-0.4, -0.2) is 28.3 Å². The van der Waals surface area contributed by atoms with Gasteiger partial charge in [0.15, 0.2) is 8.29 Å². The van der Waals surface area contributed by atoms with E-state index in [1.807, 2.05) is 6.26 Å². The van der Waals surface area contributed by atoms with Gasteiger partial charge >= 0.3 is 6.36 Å². The van der Waals surface area contributed by atoms with E-state index in [1.165, 1.54) is 35.2 Å². The van der Waals surface area contributed by atoms with E-state index in [0.29, 0.717) is 15.2 Å². The van der Waals surface area contributed by atoms with E-state index in [0.717, 1.165) is 22.2 Å². The third kappa shape index (κ3) is 5.12. The van der Waals surface area contributed by atoms with Gasteiger partial charge in [-0.25, -0.2) is 4.68 Å². The molecular formula is C17H12F3N3O2S3. The van der Waals surface area contributed by atoms with Crippen LogP contribution in [0.4, 0.5) is 18.9 Å². The molecular weight excluding hydrogens is 431 g/mol. The number of hydrogen-bond donors (Lipinski definition) is 1. The van der Waals surface area contributed by atoms with Gasteiger partial charge in [-0.15, -0.1) is 18.3 Å². The van der Waals surface area contributed by atoms with Gasteiger partial charge in [-0.05, 0) is 67.0 Å². The summed E-state index contributed by atoms with van der Waals surface area (Å²) in [6, 6.07) is 11.6. The Labute approximate surface area is 171 Å². The van der Waals surface area contributed by atoms with Crippen molar-refractivity contribution in [3.8, 4) is 11.4 Å². The zero-order valence-corrected chi connectivity index (χ0v) is 16.6. The lowest BCUT2D eigenvalue weighted by Gasteiger charge is -2.10. The molecule has 3 rings (SSSR count). The van der Waals surface area contributed by atoms with Gasteiger partial charge in [0.25, 0.3) is 5.91 Å². The molecule has 3 aromatic rings. The van der Waals surface area contributed by atoms with Crippen LogP contribution in [0.15, 0.2) is 52.9 Å². The highest BCUT2D eigenvalue weighted by Crippen LogP contribution is 2.25. The Kier molecular flexibility index (Phi) is 6.06. The molecule has 146 valence electrons. The van der Waals surface area contributed by atoms with E-state index >= 15 is 0 Å². The van der Waals surface area contributed by atoms with Gasteiger partial charge in [0.05, 0.1) is 5.69 Å². The van der Waals surface area contributed by atoms with Gasteiger partial charge in [0.2, 0.25) is 0 Å². The second-order valence-corrected chi connectivity index (χ2v) is 8.00. The summed E-state index contributed by atoms with van der Waals surface area (Å²) in [4.78, 5) is 12.3. The molecule has 1 heterocycles. The van der Waals surface area contributed by atoms with Gasteiger partial charge < -0.3 is 10.1 Å². The number of halogens is 3. The molecule has 0 unspecified atom stereocenters. The van der Waals surface area contributed by atoms with Crippen LogP contribution in [0.3, 0.4) is 0 Å². The normalized spacial score (nSPS) is 11.3. The van der Waals surface area contributed by atoms with Crippen molar-refractivity contribution in [1.29, 1.82) is 0 Å². The maximum atomic E-state index is 12.3. The first kappa shape index (κ1) is 20.4. The molecule has 0 radical (unpaired) electrons. The van der Waals surface area contributed by atoms with Crippen molar-refractivity contribution in [3.05, 3.63) is 58.0 Å². The first-order valence-corrected chi connectivity index (χ1v) is 10.1. The molecule has 0 aliphatic heterocycles. The van der Waals surface area contributed by atoms with Crippen molar-refractivity contribution in [3.63, 3.8) is 0 Å². The summed E-state index contributed by atoms with van der Waals surface area (Å²) >= 11 is 8.17. The molecule has 1 N–H and O–H groups in total. The predicted octanol–water partition coefficient (Wildman–Crippen LogP) is 5.54. The van der Waals surface area contributed by atoms with Gasteiger partial charge in [0, 0.05) is 11.3 Å². The average Bonchev–Trinajstić information content (AvgIpc) is 3.03. The summed E-state index contributed by atoms with van der Waals surface area (Å²) in [5, 5.41) is 6.99. The number of ether oxygens (including phenoxy) is 1. The summed E-state index contributed by atoms with van der Waals surface area (Å²) in [6.07, 6.45) is -2.85. The Morgan fingerprint density at radius 2 is 1.82 bits per heavy atom. The van der Waals surface area contributed by atoms with Crippen molar-refractivity contribution in [2.45, 2.75) is 10.7 Å². The van der Waals surface area contributed by atoms with E-state index in [4.69, 9.17) is 12.2 Å². The molecule has 0 aliphatic carbocycles. The molecule has 0 saturated heterocycles. The molecule has 0 aliphatic rings. The highest BCUT2D eigenvalue weighted by Gasteiger charge is 2.30. The third-order valence-electron chi connectivity index (χ3n) is 3.42. The highest BCUT2D eigenvalue weighted by atomic mass is 32.2. The van der Waals surface area contributed by atoms with Crippen molar-refractivity contribution in [1.82, 2.24) is 9.78 Å². The van der Waals surface area contributed by atoms with Crippen LogP contribution < -0.4 is 10.1 Å². The summed E-state index contributed by atoms with van der Waals surface area (Å²) < 4.78 is 43.4. The fourth-order valence-corrected chi connectivity index (χ4v) is 3.98. The Morgan fingerprint density at radius 1 is 1.18 bits per heavy atom. The van der Waals surface area contributed by atoms with Crippen molar-refractivity contribution < 1.29 is 22.7 Å². The van der Waals surface area contributed by atoms with Crippen LogP contribution in [0, 0.1) is 3.95 Å². The summed E-state index contributed by atoms with van der Waals surface area (Å²) in [5.41, 5.74) is 1.45. The number of nitrogens with zero attached hydrogens (tertiary/aromatic N) is 2. The Hall–Kier alpha value is -2.37. The minimum absolute atomic E-state index is 0.343. The molecule has 1 amide bonds. The number of aromatic nitrogens is 2. The number of anilines is 1. The molecule has 0 spiro atoms. The number of nitrogens with one attached hydrogen (secondary N) is 1. The van der Waals surface area contributed by atoms with E-state index < -0.39 is 12.3 Å². The fraction of sp³-hybridized carbons (Fsp3) is 0.118. The predicted molar refractivity (Wildman–Crippen MR) is 105 cm³/mol. The van der Waals surface area contributed by atoms with E-state index in [1.54, 1.807) is 28.9 Å². The Morgan fingerprint density at radius 3 is 2.36 bits per heavy atom. The SMILES string of the molecule is CSc1nn(-c2ccc(C(=O)Nc3ccc(OC(F)(F)F)cc3)cc2)c(=S)s1. The Bertz CT molecular complexity index is 1030. The lowest BCUT2D eigenvalue weighted by Crippen LogP contribution is -2.17. The fourth-order valence-electron chi connectivity index (χ4n) is 2.20. The minimum Gasteiger partial charge on any atom is -0.406 e. The molecule has 28 heavy (non-hydrogen) atoms. The molecule has 0 bridgehead atoms. The number of thioether (sulfide) groups is 1. The third-order valence-corrected chi connectivity index (χ3v) is 5.63. The number of alkyl halides is 3. The standard InChI is InChI=1S/C17H12F3N3O2S3/c1-27-15-22-23(16(26)28-15)12-6-2-10(3-7-12)14(24)21-11-4-8-13(9-5-11)25-17(18,19)20/h2-9H,1H3,(H,21,24). The van der Waals surface area contributed by atoms with Gasteiger partial charge in [-0.3, -0.25) is 4.79 Å². The van der Waals surface area contributed by atoms with E-state index in [-0.39, 0.29) is 5.75 Å². The first-order valence-electron chi connectivity index (χ1n) is 7.67. The number of carbonyl (C=O) groups is 1. The van der Waals surface area contributed by atoms with Crippen LogP contribution in [0.5, 0.6) is 5.75 Å². The smallest absolute Gasteiger partial charge is 0.406 e. The van der Waals surface area contributed by atoms with Gasteiger partial charge in [-0.2, -0.15) is 0 Å². The quantitative estimate of drug-likeness (QED) is 0.415.